The topological polar surface area (TPSA) is 87.7 Å². The van der Waals surface area contributed by atoms with Crippen molar-refractivity contribution < 1.29 is 27.9 Å². The quantitative estimate of drug-likeness (QED) is 0.689. The summed E-state index contributed by atoms with van der Waals surface area (Å²) >= 11 is 0. The number of hydrogen-bond acceptors (Lipinski definition) is 4. The first-order chi connectivity index (χ1) is 14.1. The standard InChI is InChI=1S/C21H27F2N3O4/c1-12-5-4-6-16(13(12)2)24-17(27)11-26-18(28)21(3,25-20(26)29)14-7-9-15(10-8-14)30-19(22)23/h7-10,12-13,16,19H,4-6,11H2,1-3H3,(H,24,27)(H,25,29). The largest absolute Gasteiger partial charge is 0.435 e. The summed E-state index contributed by atoms with van der Waals surface area (Å²) in [6, 6.07) is 4.82. The van der Waals surface area contributed by atoms with Gasteiger partial charge in [-0.05, 0) is 42.9 Å². The average Bonchev–Trinajstić information content (AvgIpc) is 2.89. The molecule has 30 heavy (non-hydrogen) atoms. The van der Waals surface area contributed by atoms with Crippen molar-refractivity contribution in [3.05, 3.63) is 29.8 Å². The Morgan fingerprint density at radius 3 is 2.57 bits per heavy atom. The molecule has 4 unspecified atom stereocenters. The van der Waals surface area contributed by atoms with E-state index in [1.165, 1.54) is 31.2 Å². The van der Waals surface area contributed by atoms with Gasteiger partial charge in [0, 0.05) is 6.04 Å². The number of urea groups is 1. The zero-order valence-corrected chi connectivity index (χ0v) is 17.3. The molecule has 1 aromatic rings. The Balaban J connectivity index is 1.67. The van der Waals surface area contributed by atoms with Crippen LogP contribution in [0.4, 0.5) is 13.6 Å². The van der Waals surface area contributed by atoms with Crippen molar-refractivity contribution in [2.45, 2.75) is 58.2 Å². The van der Waals surface area contributed by atoms with Gasteiger partial charge >= 0.3 is 12.6 Å². The van der Waals surface area contributed by atoms with Gasteiger partial charge in [0.2, 0.25) is 5.91 Å². The van der Waals surface area contributed by atoms with Crippen LogP contribution in [0.3, 0.4) is 0 Å². The zero-order chi connectivity index (χ0) is 22.1. The summed E-state index contributed by atoms with van der Waals surface area (Å²) in [7, 11) is 0. The highest BCUT2D eigenvalue weighted by molar-refractivity contribution is 6.09. The van der Waals surface area contributed by atoms with Crippen LogP contribution in [-0.2, 0) is 15.1 Å². The van der Waals surface area contributed by atoms with Gasteiger partial charge in [-0.1, -0.05) is 38.8 Å². The molecule has 1 saturated carbocycles. The third-order valence-corrected chi connectivity index (χ3v) is 6.29. The first-order valence-corrected chi connectivity index (χ1v) is 10.1. The lowest BCUT2D eigenvalue weighted by molar-refractivity contribution is -0.135. The number of halogens is 2. The molecule has 9 heteroatoms. The van der Waals surface area contributed by atoms with Gasteiger partial charge in [-0.15, -0.1) is 0 Å². The zero-order valence-electron chi connectivity index (χ0n) is 17.3. The van der Waals surface area contributed by atoms with E-state index in [2.05, 4.69) is 29.2 Å². The summed E-state index contributed by atoms with van der Waals surface area (Å²) < 4.78 is 28.9. The van der Waals surface area contributed by atoms with E-state index in [1.54, 1.807) is 0 Å². The maximum atomic E-state index is 13.0. The van der Waals surface area contributed by atoms with Gasteiger partial charge in [0.25, 0.3) is 5.91 Å². The molecule has 164 valence electrons. The summed E-state index contributed by atoms with van der Waals surface area (Å²) in [6.07, 6.45) is 3.03. The first-order valence-electron chi connectivity index (χ1n) is 10.1. The molecule has 4 amide bonds. The lowest BCUT2D eigenvalue weighted by Crippen LogP contribution is -2.48. The normalized spacial score (nSPS) is 29.1. The molecule has 7 nitrogen and oxygen atoms in total. The lowest BCUT2D eigenvalue weighted by Gasteiger charge is -2.34. The second kappa shape index (κ2) is 8.57. The van der Waals surface area contributed by atoms with Gasteiger partial charge in [0.05, 0.1) is 0 Å². The summed E-state index contributed by atoms with van der Waals surface area (Å²) in [6.45, 7) is 2.44. The van der Waals surface area contributed by atoms with Crippen molar-refractivity contribution in [3.63, 3.8) is 0 Å². The summed E-state index contributed by atoms with van der Waals surface area (Å²) in [5.41, 5.74) is -0.993. The number of carbonyl (C=O) groups excluding carboxylic acids is 3. The molecule has 1 aliphatic heterocycles. The van der Waals surface area contributed by atoms with E-state index in [0.717, 1.165) is 24.2 Å². The highest BCUT2D eigenvalue weighted by Crippen LogP contribution is 2.31. The molecule has 1 heterocycles. The van der Waals surface area contributed by atoms with Crippen molar-refractivity contribution in [2.75, 3.05) is 6.54 Å². The molecule has 0 spiro atoms. The van der Waals surface area contributed by atoms with Crippen molar-refractivity contribution in [3.8, 4) is 5.75 Å². The number of nitrogens with one attached hydrogen (secondary N) is 2. The predicted molar refractivity (Wildman–Crippen MR) is 105 cm³/mol. The Kier molecular flexibility index (Phi) is 6.28. The van der Waals surface area contributed by atoms with Crippen LogP contribution in [-0.4, -0.2) is 41.9 Å². The maximum Gasteiger partial charge on any atom is 0.387 e. The van der Waals surface area contributed by atoms with Gasteiger partial charge in [-0.3, -0.25) is 14.5 Å². The van der Waals surface area contributed by atoms with E-state index in [4.69, 9.17) is 0 Å². The summed E-state index contributed by atoms with van der Waals surface area (Å²) in [4.78, 5) is 38.8. The molecule has 1 aliphatic carbocycles. The molecule has 2 fully saturated rings. The van der Waals surface area contributed by atoms with Crippen LogP contribution in [0.1, 0.15) is 45.6 Å². The summed E-state index contributed by atoms with van der Waals surface area (Å²) in [5.74, 6) is -0.183. The van der Waals surface area contributed by atoms with Gasteiger partial charge in [-0.2, -0.15) is 8.78 Å². The Labute approximate surface area is 174 Å². The van der Waals surface area contributed by atoms with Crippen LogP contribution < -0.4 is 15.4 Å². The van der Waals surface area contributed by atoms with Crippen LogP contribution in [0.25, 0.3) is 0 Å². The molecule has 0 aromatic heterocycles. The van der Waals surface area contributed by atoms with E-state index in [-0.39, 0.29) is 24.2 Å². The molecule has 1 aromatic carbocycles. The number of ether oxygens (including phenoxy) is 1. The Morgan fingerprint density at radius 1 is 1.27 bits per heavy atom. The number of imide groups is 1. The Hall–Kier alpha value is -2.71. The van der Waals surface area contributed by atoms with E-state index in [0.29, 0.717) is 17.4 Å². The third kappa shape index (κ3) is 4.39. The van der Waals surface area contributed by atoms with Crippen LogP contribution in [0.2, 0.25) is 0 Å². The maximum absolute atomic E-state index is 13.0. The van der Waals surface area contributed by atoms with Gasteiger partial charge in [-0.25, -0.2) is 4.79 Å². The molecular formula is C21H27F2N3O4. The van der Waals surface area contributed by atoms with Crippen LogP contribution in [0.15, 0.2) is 24.3 Å². The fourth-order valence-corrected chi connectivity index (χ4v) is 4.19. The Morgan fingerprint density at radius 2 is 1.93 bits per heavy atom. The van der Waals surface area contributed by atoms with Crippen LogP contribution in [0.5, 0.6) is 5.75 Å². The van der Waals surface area contributed by atoms with E-state index < -0.39 is 24.1 Å². The number of alkyl halides is 2. The second-order valence-corrected chi connectivity index (χ2v) is 8.29. The average molecular weight is 423 g/mol. The number of amides is 4. The SMILES string of the molecule is CC1CCCC(NC(=O)CN2C(=O)NC(C)(c3ccc(OC(F)F)cc3)C2=O)C1C. The predicted octanol–water partition coefficient (Wildman–Crippen LogP) is 3.00. The van der Waals surface area contributed by atoms with Gasteiger partial charge in [0.1, 0.15) is 17.8 Å². The number of carbonyl (C=O) groups is 3. The van der Waals surface area contributed by atoms with E-state index in [1.807, 2.05) is 0 Å². The van der Waals surface area contributed by atoms with Crippen molar-refractivity contribution in [2.24, 2.45) is 11.8 Å². The molecular weight excluding hydrogens is 396 g/mol. The van der Waals surface area contributed by atoms with Crippen molar-refractivity contribution in [1.82, 2.24) is 15.5 Å². The van der Waals surface area contributed by atoms with Crippen molar-refractivity contribution >= 4 is 17.8 Å². The first kappa shape index (κ1) is 22.0. The minimum absolute atomic E-state index is 0.0239. The molecule has 1 saturated heterocycles. The van der Waals surface area contributed by atoms with E-state index in [9.17, 15) is 23.2 Å². The third-order valence-electron chi connectivity index (χ3n) is 6.29. The molecule has 4 atom stereocenters. The number of hydrogen-bond donors (Lipinski definition) is 2. The molecule has 3 rings (SSSR count). The highest BCUT2D eigenvalue weighted by Gasteiger charge is 2.49. The van der Waals surface area contributed by atoms with Gasteiger partial charge < -0.3 is 15.4 Å². The smallest absolute Gasteiger partial charge is 0.387 e. The molecule has 0 bridgehead atoms. The van der Waals surface area contributed by atoms with Crippen molar-refractivity contribution in [1.29, 1.82) is 0 Å². The summed E-state index contributed by atoms with van der Waals surface area (Å²) in [5, 5.41) is 5.56. The lowest BCUT2D eigenvalue weighted by atomic mass is 9.78. The molecule has 2 N–H and O–H groups in total. The Bertz CT molecular complexity index is 817. The minimum atomic E-state index is -2.96. The monoisotopic (exact) mass is 423 g/mol. The number of benzene rings is 1. The van der Waals surface area contributed by atoms with Crippen LogP contribution >= 0.6 is 0 Å². The fraction of sp³-hybridized carbons (Fsp3) is 0.571. The number of rotatable bonds is 6. The van der Waals surface area contributed by atoms with Gasteiger partial charge in [0.15, 0.2) is 0 Å². The number of nitrogens with zero attached hydrogens (tertiary/aromatic N) is 1. The minimum Gasteiger partial charge on any atom is -0.435 e. The van der Waals surface area contributed by atoms with E-state index >= 15 is 0 Å². The highest BCUT2D eigenvalue weighted by atomic mass is 19.3. The molecule has 0 radical (unpaired) electrons. The second-order valence-electron chi connectivity index (χ2n) is 8.29. The van der Waals surface area contributed by atoms with Crippen LogP contribution in [0, 0.1) is 11.8 Å². The fourth-order valence-electron chi connectivity index (χ4n) is 4.19. The molecule has 2 aliphatic rings.